The lowest BCUT2D eigenvalue weighted by Gasteiger charge is -2.25. The average molecular weight is 460 g/mol. The Morgan fingerprint density at radius 1 is 1.31 bits per heavy atom. The van der Waals surface area contributed by atoms with Crippen LogP contribution in [0.3, 0.4) is 0 Å². The van der Waals surface area contributed by atoms with E-state index in [4.69, 9.17) is 16.3 Å². The molecule has 29 heavy (non-hydrogen) atoms. The molecule has 11 heteroatoms. The summed E-state index contributed by atoms with van der Waals surface area (Å²) in [7, 11) is -3.17. The molecule has 0 aliphatic carbocycles. The second-order valence-corrected chi connectivity index (χ2v) is 11.5. The molecular weight excluding hydrogens is 438 g/mol. The minimum absolute atomic E-state index is 0.0205. The van der Waals surface area contributed by atoms with Crippen molar-refractivity contribution in [2.24, 2.45) is 4.99 Å². The molecule has 2 amide bonds. The fourth-order valence-corrected chi connectivity index (χ4v) is 7.25. The van der Waals surface area contributed by atoms with Gasteiger partial charge in [0.05, 0.1) is 28.3 Å². The number of carbonyl (C=O) groups excluding carboxylic acids is 2. The maximum absolute atomic E-state index is 12.3. The first-order chi connectivity index (χ1) is 13.5. The molecule has 2 aliphatic heterocycles. The van der Waals surface area contributed by atoms with E-state index < -0.39 is 27.4 Å². The zero-order valence-electron chi connectivity index (χ0n) is 16.2. The smallest absolute Gasteiger partial charge is 0.408 e. The quantitative estimate of drug-likeness (QED) is 0.740. The third kappa shape index (κ3) is 5.43. The standard InChI is InChI=1S/C18H22ClN3O5S2/c1-18(2,3)27-17(24)20-8-15(23)21-16-22(12-7-5-4-6-11(12)19)13-9-29(25,26)10-14(13)28-16/h4-7,13-14H,8-10H2,1-3H3,(H,20,24)/t13-,14+/m1/s1. The van der Waals surface area contributed by atoms with Gasteiger partial charge in [0.15, 0.2) is 15.0 Å². The van der Waals surface area contributed by atoms with Gasteiger partial charge in [-0.1, -0.05) is 35.5 Å². The van der Waals surface area contributed by atoms with E-state index in [1.54, 1.807) is 49.9 Å². The molecule has 2 fully saturated rings. The molecule has 3 rings (SSSR count). The molecule has 158 valence electrons. The van der Waals surface area contributed by atoms with Crippen molar-refractivity contribution >= 4 is 56.1 Å². The number of halogens is 1. The largest absolute Gasteiger partial charge is 0.444 e. The van der Waals surface area contributed by atoms with Crippen molar-refractivity contribution in [1.29, 1.82) is 0 Å². The van der Waals surface area contributed by atoms with Crippen molar-refractivity contribution in [2.75, 3.05) is 23.0 Å². The van der Waals surface area contributed by atoms with Crippen LogP contribution in [-0.4, -0.2) is 60.5 Å². The number of sulfone groups is 1. The van der Waals surface area contributed by atoms with Crippen LogP contribution < -0.4 is 10.2 Å². The Morgan fingerprint density at radius 3 is 2.66 bits per heavy atom. The number of nitrogens with zero attached hydrogens (tertiary/aromatic N) is 2. The molecule has 0 saturated carbocycles. The van der Waals surface area contributed by atoms with E-state index in [1.165, 1.54) is 11.8 Å². The highest BCUT2D eigenvalue weighted by molar-refractivity contribution is 8.16. The summed E-state index contributed by atoms with van der Waals surface area (Å²) in [6.07, 6.45) is -0.712. The lowest BCUT2D eigenvalue weighted by Crippen LogP contribution is -2.38. The topological polar surface area (TPSA) is 105 Å². The number of alkyl carbamates (subject to hydrolysis) is 1. The summed E-state index contributed by atoms with van der Waals surface area (Å²) in [5.41, 5.74) is -0.0812. The molecule has 1 aromatic rings. The first-order valence-electron chi connectivity index (χ1n) is 8.94. The average Bonchev–Trinajstić information content (AvgIpc) is 3.03. The lowest BCUT2D eigenvalue weighted by atomic mass is 10.2. The molecule has 0 aromatic heterocycles. The van der Waals surface area contributed by atoms with Crippen LogP contribution in [0.25, 0.3) is 0 Å². The second kappa shape index (κ2) is 8.16. The first kappa shape index (κ1) is 21.9. The Bertz CT molecular complexity index is 958. The predicted octanol–water partition coefficient (Wildman–Crippen LogP) is 2.47. The van der Waals surface area contributed by atoms with Crippen LogP contribution in [0, 0.1) is 0 Å². The summed E-state index contributed by atoms with van der Waals surface area (Å²) in [5, 5.41) is 2.95. The molecule has 2 heterocycles. The van der Waals surface area contributed by atoms with Crippen LogP contribution in [0.5, 0.6) is 0 Å². The minimum Gasteiger partial charge on any atom is -0.444 e. The van der Waals surface area contributed by atoms with Gasteiger partial charge in [0.25, 0.3) is 5.91 Å². The van der Waals surface area contributed by atoms with E-state index in [0.29, 0.717) is 15.9 Å². The summed E-state index contributed by atoms with van der Waals surface area (Å²) in [5.74, 6) is -0.579. The number of fused-ring (bicyclic) bond motifs is 1. The molecule has 1 aromatic carbocycles. The Balaban J connectivity index is 1.79. The summed E-state index contributed by atoms with van der Waals surface area (Å²) in [4.78, 5) is 29.9. The summed E-state index contributed by atoms with van der Waals surface area (Å²) >= 11 is 7.56. The number of anilines is 1. The van der Waals surface area contributed by atoms with Crippen LogP contribution in [-0.2, 0) is 19.4 Å². The number of amidine groups is 1. The van der Waals surface area contributed by atoms with Crippen LogP contribution in [0.4, 0.5) is 10.5 Å². The van der Waals surface area contributed by atoms with Crippen LogP contribution >= 0.6 is 23.4 Å². The molecule has 1 N–H and O–H groups in total. The number of hydrogen-bond acceptors (Lipinski definition) is 6. The van der Waals surface area contributed by atoms with Crippen LogP contribution in [0.2, 0.25) is 5.02 Å². The second-order valence-electron chi connectivity index (χ2n) is 7.77. The Kier molecular flexibility index (Phi) is 6.16. The van der Waals surface area contributed by atoms with Gasteiger partial charge in [-0.15, -0.1) is 0 Å². The Morgan fingerprint density at radius 2 is 2.00 bits per heavy atom. The number of amides is 2. The number of thioether (sulfide) groups is 1. The van der Waals surface area contributed by atoms with E-state index in [0.717, 1.165) is 0 Å². The highest BCUT2D eigenvalue weighted by Gasteiger charge is 2.49. The van der Waals surface area contributed by atoms with Crippen molar-refractivity contribution < 1.29 is 22.7 Å². The predicted molar refractivity (Wildman–Crippen MR) is 114 cm³/mol. The number of ether oxygens (including phenoxy) is 1. The third-order valence-electron chi connectivity index (χ3n) is 4.18. The number of carbonyl (C=O) groups is 2. The normalized spacial score (nSPS) is 24.4. The lowest BCUT2D eigenvalue weighted by molar-refractivity contribution is -0.117. The van der Waals surface area contributed by atoms with Gasteiger partial charge in [0.1, 0.15) is 12.1 Å². The summed E-state index contributed by atoms with van der Waals surface area (Å²) < 4.78 is 29.3. The van der Waals surface area contributed by atoms with Crippen molar-refractivity contribution in [3.05, 3.63) is 29.3 Å². The van der Waals surface area contributed by atoms with Crippen molar-refractivity contribution in [2.45, 2.75) is 37.7 Å². The Hall–Kier alpha value is -1.78. The highest BCUT2D eigenvalue weighted by atomic mass is 35.5. The molecule has 2 atom stereocenters. The third-order valence-corrected chi connectivity index (χ3v) is 7.71. The molecule has 2 aliphatic rings. The van der Waals surface area contributed by atoms with Gasteiger partial charge < -0.3 is 15.0 Å². The minimum atomic E-state index is -3.17. The van der Waals surface area contributed by atoms with Crippen LogP contribution in [0.1, 0.15) is 20.8 Å². The van der Waals surface area contributed by atoms with E-state index in [2.05, 4.69) is 10.3 Å². The van der Waals surface area contributed by atoms with E-state index in [-0.39, 0.29) is 29.3 Å². The van der Waals surface area contributed by atoms with Gasteiger partial charge in [0.2, 0.25) is 0 Å². The summed E-state index contributed by atoms with van der Waals surface area (Å²) in [6.45, 7) is 4.83. The zero-order chi connectivity index (χ0) is 21.4. The molecule has 0 spiro atoms. The van der Waals surface area contributed by atoms with Crippen molar-refractivity contribution in [1.82, 2.24) is 5.32 Å². The van der Waals surface area contributed by atoms with E-state index in [9.17, 15) is 18.0 Å². The zero-order valence-corrected chi connectivity index (χ0v) is 18.6. The van der Waals surface area contributed by atoms with Crippen molar-refractivity contribution in [3.63, 3.8) is 0 Å². The van der Waals surface area contributed by atoms with Gasteiger partial charge in [0, 0.05) is 5.25 Å². The molecule has 2 saturated heterocycles. The van der Waals surface area contributed by atoms with Gasteiger partial charge in [-0.25, -0.2) is 13.2 Å². The molecule has 0 unspecified atom stereocenters. The number of benzene rings is 1. The number of rotatable bonds is 3. The van der Waals surface area contributed by atoms with Crippen molar-refractivity contribution in [3.8, 4) is 0 Å². The molecule has 0 bridgehead atoms. The maximum atomic E-state index is 12.3. The molecular formula is C18H22ClN3O5S2. The van der Waals surface area contributed by atoms with Gasteiger partial charge >= 0.3 is 6.09 Å². The fraction of sp³-hybridized carbons (Fsp3) is 0.500. The fourth-order valence-electron chi connectivity index (χ4n) is 3.10. The van der Waals surface area contributed by atoms with E-state index >= 15 is 0 Å². The highest BCUT2D eigenvalue weighted by Crippen LogP contribution is 2.42. The van der Waals surface area contributed by atoms with E-state index in [1.807, 2.05) is 0 Å². The van der Waals surface area contributed by atoms with Gasteiger partial charge in [-0.3, -0.25) is 4.79 Å². The number of nitrogens with one attached hydrogen (secondary N) is 1. The SMILES string of the molecule is CC(C)(C)OC(=O)NCC(=O)N=C1S[C@H]2CS(=O)(=O)C[C@H]2N1c1ccccc1Cl. The number of hydrogen-bond donors (Lipinski definition) is 1. The summed E-state index contributed by atoms with van der Waals surface area (Å²) in [6, 6.07) is 6.66. The monoisotopic (exact) mass is 459 g/mol. The number of aliphatic imine (C=N–C) groups is 1. The van der Waals surface area contributed by atoms with Crippen LogP contribution in [0.15, 0.2) is 29.3 Å². The van der Waals surface area contributed by atoms with Gasteiger partial charge in [-0.05, 0) is 32.9 Å². The molecule has 0 radical (unpaired) electrons. The Labute approximate surface area is 178 Å². The first-order valence-corrected chi connectivity index (χ1v) is 12.0. The van der Waals surface area contributed by atoms with Gasteiger partial charge in [-0.2, -0.15) is 4.99 Å². The number of para-hydroxylation sites is 1. The maximum Gasteiger partial charge on any atom is 0.408 e. The molecule has 8 nitrogen and oxygen atoms in total.